The van der Waals surface area contributed by atoms with Crippen LogP contribution in [-0.4, -0.2) is 55.9 Å². The first-order valence-corrected chi connectivity index (χ1v) is 23.2. The van der Waals surface area contributed by atoms with Crippen LogP contribution in [0.5, 0.6) is 0 Å². The third-order valence-electron chi connectivity index (χ3n) is 13.5. The lowest BCUT2D eigenvalue weighted by molar-refractivity contribution is -0.127. The number of nitrogens with one attached hydrogen (secondary N) is 2. The van der Waals surface area contributed by atoms with Crippen LogP contribution in [0.1, 0.15) is 38.5 Å². The lowest BCUT2D eigenvalue weighted by atomic mass is 9.89. The molecule has 0 saturated carbocycles. The summed E-state index contributed by atoms with van der Waals surface area (Å²) in [5, 5.41) is 37.0. The Labute approximate surface area is 383 Å². The summed E-state index contributed by atoms with van der Waals surface area (Å²) in [6.45, 7) is 9.87. The van der Waals surface area contributed by atoms with Crippen LogP contribution in [0.15, 0.2) is 158 Å². The lowest BCUT2D eigenvalue weighted by Gasteiger charge is -2.27. The topological polar surface area (TPSA) is 98.3 Å². The zero-order valence-electron chi connectivity index (χ0n) is 36.9. The number of anilines is 2. The second-order valence-corrected chi connectivity index (χ2v) is 17.6. The fraction of sp³-hybridized carbons (Fsp3) is 0.224. The molecule has 11 rings (SSSR count). The van der Waals surface area contributed by atoms with Gasteiger partial charge in [-0.25, -0.2) is 0 Å². The van der Waals surface area contributed by atoms with Crippen molar-refractivity contribution in [2.45, 2.75) is 57.0 Å². The van der Waals surface area contributed by atoms with Crippen molar-refractivity contribution in [2.75, 3.05) is 37.1 Å². The Morgan fingerprint density at radius 3 is 1.42 bits per heavy atom. The Morgan fingerprint density at radius 2 is 0.879 bits per heavy atom. The van der Waals surface area contributed by atoms with Gasteiger partial charge in [0.1, 0.15) is 11.5 Å². The number of fused-ring (bicyclic) bond motifs is 4. The van der Waals surface area contributed by atoms with Crippen molar-refractivity contribution in [3.05, 3.63) is 158 Å². The molecule has 3 unspecified atom stereocenters. The van der Waals surface area contributed by atoms with Gasteiger partial charge in [0.05, 0.1) is 13.2 Å². The van der Waals surface area contributed by atoms with Gasteiger partial charge in [-0.3, -0.25) is 4.79 Å². The molecule has 1 amide bonds. The number of carbonyl (C=O) groups is 1. The molecule has 1 saturated heterocycles. The number of aliphatic hydroxyl groups is 1. The highest BCUT2D eigenvalue weighted by molar-refractivity contribution is 6.35. The summed E-state index contributed by atoms with van der Waals surface area (Å²) < 4.78 is 24.9. The molecule has 0 radical (unpaired) electrons. The minimum absolute atomic E-state index is 0.280. The van der Waals surface area contributed by atoms with Crippen LogP contribution in [0.2, 0.25) is 0 Å². The van der Waals surface area contributed by atoms with E-state index in [-0.39, 0.29) is 11.7 Å². The summed E-state index contributed by atoms with van der Waals surface area (Å²) in [5.74, 6) is 0.323. The largest absolute Gasteiger partial charge is 0.496 e. The minimum Gasteiger partial charge on any atom is -0.496 e. The number of rotatable bonds is 5. The van der Waals surface area contributed by atoms with Crippen molar-refractivity contribution in [3.8, 4) is 0 Å². The molecule has 8 nitrogen and oxygen atoms in total. The maximum Gasteiger partial charge on any atom is 0.261 e. The van der Waals surface area contributed by atoms with Gasteiger partial charge in [0.2, 0.25) is 0 Å². The first kappa shape index (κ1) is 41.7. The van der Waals surface area contributed by atoms with E-state index in [2.05, 4.69) is 145 Å². The quantitative estimate of drug-likeness (QED) is 0.0900. The molecule has 3 N–H and O–H groups in total. The summed E-state index contributed by atoms with van der Waals surface area (Å²) in [6, 6.07) is 46.8. The smallest absolute Gasteiger partial charge is 0.261 e. The Morgan fingerprint density at radius 1 is 0.470 bits per heavy atom. The second-order valence-electron chi connectivity index (χ2n) is 17.6. The lowest BCUT2D eigenvalue weighted by Crippen LogP contribution is -2.38. The van der Waals surface area contributed by atoms with E-state index in [4.69, 9.17) is 18.9 Å². The van der Waals surface area contributed by atoms with E-state index >= 15 is 0 Å². The standard InChI is InChI=1S/C58H52N2O6/c1-35-55(57(61)59-49-29-27-45-41-21-11-17-37-15-9-19-39(51(37)41)43-23-13-25-47(49)53(43)45)65-33-7-4-6-32-64-36(2)56(66-34-8-3-5-31-63-35)58(62)60-50-30-28-46-42-22-12-18-38-16-10-20-40(52(38)42)44-24-14-26-48(50)54(44)46/h9-30,55-57,59,61H,1-8,31-34H2,(H,60,62). The average Bonchev–Trinajstić information content (AvgIpc) is 3.34. The average molecular weight is 873 g/mol. The van der Waals surface area contributed by atoms with E-state index < -0.39 is 18.4 Å². The van der Waals surface area contributed by atoms with Crippen molar-refractivity contribution < 1.29 is 28.8 Å². The van der Waals surface area contributed by atoms with Gasteiger partial charge in [-0.15, -0.1) is 0 Å². The third kappa shape index (κ3) is 7.45. The highest BCUT2D eigenvalue weighted by Gasteiger charge is 2.28. The Kier molecular flexibility index (Phi) is 11.2. The molecule has 8 heteroatoms. The van der Waals surface area contributed by atoms with Crippen molar-refractivity contribution in [2.24, 2.45) is 0 Å². The van der Waals surface area contributed by atoms with Gasteiger partial charge in [-0.1, -0.05) is 134 Å². The number of ether oxygens (including phenoxy) is 4. The van der Waals surface area contributed by atoms with E-state index in [9.17, 15) is 9.90 Å². The second kappa shape index (κ2) is 17.8. The summed E-state index contributed by atoms with van der Waals surface area (Å²) in [6.07, 6.45) is 1.46. The third-order valence-corrected chi connectivity index (χ3v) is 13.5. The molecule has 1 aliphatic heterocycles. The van der Waals surface area contributed by atoms with Crippen molar-refractivity contribution in [1.82, 2.24) is 0 Å². The number of hydrogen-bond acceptors (Lipinski definition) is 7. The number of hydrogen-bond donors (Lipinski definition) is 3. The fourth-order valence-electron chi connectivity index (χ4n) is 10.4. The molecule has 10 aromatic rings. The van der Waals surface area contributed by atoms with Crippen LogP contribution < -0.4 is 10.6 Å². The Balaban J connectivity index is 0.763. The van der Waals surface area contributed by atoms with Crippen LogP contribution in [0, 0.1) is 0 Å². The van der Waals surface area contributed by atoms with E-state index in [0.717, 1.165) is 50.8 Å². The SMILES string of the molecule is C=C1OCCCCCOC(C(O)Nc2ccc3c4cccc5cccc(c6cccc2c63)c54)C(=C)OCCCCCOC1C(=O)Nc1ccc2c3cccc4cccc(c5cccc1c52)c43. The number of carbonyl (C=O) groups excluding carboxylic acids is 1. The van der Waals surface area contributed by atoms with Crippen LogP contribution >= 0.6 is 0 Å². The molecule has 0 bridgehead atoms. The van der Waals surface area contributed by atoms with Crippen LogP contribution in [-0.2, 0) is 23.7 Å². The molecular formula is C58H52N2O6. The summed E-state index contributed by atoms with van der Waals surface area (Å²) in [5.41, 5.74) is 1.52. The molecule has 66 heavy (non-hydrogen) atoms. The van der Waals surface area contributed by atoms with Crippen LogP contribution in [0.3, 0.4) is 0 Å². The fourth-order valence-corrected chi connectivity index (χ4v) is 10.4. The van der Waals surface area contributed by atoms with Gasteiger partial charge in [-0.05, 0) is 126 Å². The number of amides is 1. The van der Waals surface area contributed by atoms with Gasteiger partial charge in [-0.2, -0.15) is 0 Å². The number of benzene rings is 10. The van der Waals surface area contributed by atoms with Crippen molar-refractivity contribution >= 4 is 103 Å². The monoisotopic (exact) mass is 872 g/mol. The highest BCUT2D eigenvalue weighted by atomic mass is 16.5. The molecule has 3 atom stereocenters. The predicted octanol–water partition coefficient (Wildman–Crippen LogP) is 13.3. The highest BCUT2D eigenvalue weighted by Crippen LogP contribution is 2.44. The minimum atomic E-state index is -1.12. The van der Waals surface area contributed by atoms with E-state index in [1.54, 1.807) is 0 Å². The molecular weight excluding hydrogens is 821 g/mol. The van der Waals surface area contributed by atoms with Crippen LogP contribution in [0.4, 0.5) is 11.4 Å². The van der Waals surface area contributed by atoms with E-state index in [1.165, 1.54) is 53.9 Å². The Bertz CT molecular complexity index is 3350. The van der Waals surface area contributed by atoms with Gasteiger partial charge in [0.15, 0.2) is 18.4 Å². The zero-order chi connectivity index (χ0) is 44.7. The predicted molar refractivity (Wildman–Crippen MR) is 271 cm³/mol. The molecule has 1 fully saturated rings. The molecule has 1 aliphatic rings. The van der Waals surface area contributed by atoms with E-state index in [1.807, 2.05) is 12.1 Å². The maximum atomic E-state index is 14.1. The van der Waals surface area contributed by atoms with Crippen molar-refractivity contribution in [1.29, 1.82) is 0 Å². The van der Waals surface area contributed by atoms with E-state index in [0.29, 0.717) is 63.6 Å². The molecule has 10 aromatic carbocycles. The maximum absolute atomic E-state index is 14.1. The first-order chi connectivity index (χ1) is 32.4. The zero-order valence-corrected chi connectivity index (χ0v) is 36.9. The molecule has 0 aromatic heterocycles. The summed E-state index contributed by atoms with van der Waals surface area (Å²) in [4.78, 5) is 14.1. The van der Waals surface area contributed by atoms with Crippen molar-refractivity contribution in [3.63, 3.8) is 0 Å². The van der Waals surface area contributed by atoms with Gasteiger partial charge >= 0.3 is 0 Å². The molecule has 1 heterocycles. The Hall–Kier alpha value is -6.97. The molecule has 0 spiro atoms. The molecule has 0 aliphatic carbocycles. The van der Waals surface area contributed by atoms with Gasteiger partial charge in [0, 0.05) is 35.4 Å². The normalized spacial score (nSPS) is 18.3. The van der Waals surface area contributed by atoms with Crippen LogP contribution in [0.25, 0.3) is 86.2 Å². The summed E-state index contributed by atoms with van der Waals surface area (Å²) >= 11 is 0. The first-order valence-electron chi connectivity index (χ1n) is 23.2. The van der Waals surface area contributed by atoms with Gasteiger partial charge in [0.25, 0.3) is 5.91 Å². The number of aliphatic hydroxyl groups excluding tert-OH is 1. The summed E-state index contributed by atoms with van der Waals surface area (Å²) in [7, 11) is 0. The molecule has 330 valence electrons. The van der Waals surface area contributed by atoms with Gasteiger partial charge < -0.3 is 34.7 Å².